The summed E-state index contributed by atoms with van der Waals surface area (Å²) in [7, 11) is 0. The van der Waals surface area contributed by atoms with Gasteiger partial charge in [-0.3, -0.25) is 4.79 Å². The van der Waals surface area contributed by atoms with Gasteiger partial charge in [-0.05, 0) is 35.6 Å². The molecular weight excluding hydrogens is 281 g/mol. The summed E-state index contributed by atoms with van der Waals surface area (Å²) in [5.41, 5.74) is 2.02. The summed E-state index contributed by atoms with van der Waals surface area (Å²) in [6.45, 7) is 0.996. The zero-order valence-corrected chi connectivity index (χ0v) is 12.2. The Balaban J connectivity index is 1.53. The van der Waals surface area contributed by atoms with Gasteiger partial charge in [-0.15, -0.1) is 0 Å². The molecule has 1 saturated heterocycles. The van der Waals surface area contributed by atoms with Crippen LogP contribution in [0.4, 0.5) is 4.39 Å². The summed E-state index contributed by atoms with van der Waals surface area (Å²) in [5.74, 6) is -0.253. The number of hydrogen-bond acceptors (Lipinski definition) is 3. The Bertz CT molecular complexity index is 627. The Hall–Kier alpha value is -2.20. The van der Waals surface area contributed by atoms with Crippen molar-refractivity contribution in [3.8, 4) is 0 Å². The molecule has 3 rings (SSSR count). The zero-order valence-electron chi connectivity index (χ0n) is 12.2. The molecule has 0 amide bonds. The summed E-state index contributed by atoms with van der Waals surface area (Å²) < 4.78 is 18.3. The molecule has 0 bridgehead atoms. The first kappa shape index (κ1) is 14.7. The van der Waals surface area contributed by atoms with E-state index in [-0.39, 0.29) is 23.7 Å². The molecular formula is C18H18FNO2. The fourth-order valence-electron chi connectivity index (χ4n) is 2.73. The molecule has 3 nitrogen and oxygen atoms in total. The highest BCUT2D eigenvalue weighted by Crippen LogP contribution is 2.26. The van der Waals surface area contributed by atoms with Gasteiger partial charge in [0.15, 0.2) is 0 Å². The van der Waals surface area contributed by atoms with E-state index in [2.05, 4.69) is 5.32 Å². The molecule has 0 aromatic heterocycles. The third-order valence-electron chi connectivity index (χ3n) is 3.98. The van der Waals surface area contributed by atoms with Crippen LogP contribution in [-0.4, -0.2) is 18.6 Å². The van der Waals surface area contributed by atoms with E-state index in [0.29, 0.717) is 19.6 Å². The SMILES string of the molecule is O=C(OCc1ccccc1)C1CC(c2ccc(F)cc2)CN1. The van der Waals surface area contributed by atoms with Crippen LogP contribution >= 0.6 is 0 Å². The monoisotopic (exact) mass is 299 g/mol. The maximum absolute atomic E-state index is 13.0. The maximum Gasteiger partial charge on any atom is 0.323 e. The summed E-state index contributed by atoms with van der Waals surface area (Å²) in [6.07, 6.45) is 0.680. The molecule has 2 unspecified atom stereocenters. The average Bonchev–Trinajstić information content (AvgIpc) is 3.04. The quantitative estimate of drug-likeness (QED) is 0.882. The van der Waals surface area contributed by atoms with E-state index in [1.54, 1.807) is 12.1 Å². The van der Waals surface area contributed by atoms with Gasteiger partial charge in [0.25, 0.3) is 0 Å². The molecule has 1 fully saturated rings. The van der Waals surface area contributed by atoms with Crippen LogP contribution in [0.15, 0.2) is 54.6 Å². The molecule has 1 aliphatic heterocycles. The number of esters is 1. The van der Waals surface area contributed by atoms with Crippen molar-refractivity contribution in [3.05, 3.63) is 71.5 Å². The van der Waals surface area contributed by atoms with Gasteiger partial charge in [0.05, 0.1) is 0 Å². The first-order valence-electron chi connectivity index (χ1n) is 7.42. The van der Waals surface area contributed by atoms with Gasteiger partial charge in [0, 0.05) is 6.54 Å². The third kappa shape index (κ3) is 3.52. The molecule has 0 spiro atoms. The van der Waals surface area contributed by atoms with E-state index >= 15 is 0 Å². The lowest BCUT2D eigenvalue weighted by molar-refractivity contribution is -0.147. The van der Waals surface area contributed by atoms with Crippen molar-refractivity contribution < 1.29 is 13.9 Å². The van der Waals surface area contributed by atoms with E-state index in [0.717, 1.165) is 11.1 Å². The van der Waals surface area contributed by atoms with E-state index in [1.807, 2.05) is 30.3 Å². The highest BCUT2D eigenvalue weighted by molar-refractivity contribution is 5.76. The lowest BCUT2D eigenvalue weighted by Gasteiger charge is -2.11. The van der Waals surface area contributed by atoms with Gasteiger partial charge in [-0.1, -0.05) is 42.5 Å². The number of benzene rings is 2. The fraction of sp³-hybridized carbons (Fsp3) is 0.278. The summed E-state index contributed by atoms with van der Waals surface area (Å²) in [5, 5.41) is 3.19. The average molecular weight is 299 g/mol. The molecule has 2 aromatic carbocycles. The molecule has 0 radical (unpaired) electrons. The summed E-state index contributed by atoms with van der Waals surface area (Å²) in [6, 6.07) is 15.8. The predicted molar refractivity (Wildman–Crippen MR) is 81.8 cm³/mol. The predicted octanol–water partition coefficient (Wildman–Crippen LogP) is 3.01. The normalized spacial score (nSPS) is 20.8. The molecule has 2 aromatic rings. The first-order valence-corrected chi connectivity index (χ1v) is 7.42. The fourth-order valence-corrected chi connectivity index (χ4v) is 2.73. The second-order valence-electron chi connectivity index (χ2n) is 5.54. The topological polar surface area (TPSA) is 38.3 Å². The highest BCUT2D eigenvalue weighted by atomic mass is 19.1. The first-order chi connectivity index (χ1) is 10.7. The molecule has 0 aliphatic carbocycles. The van der Waals surface area contributed by atoms with Crippen LogP contribution in [0.5, 0.6) is 0 Å². The number of carbonyl (C=O) groups is 1. The van der Waals surface area contributed by atoms with Crippen molar-refractivity contribution >= 4 is 5.97 Å². The number of hydrogen-bond donors (Lipinski definition) is 1. The van der Waals surface area contributed by atoms with E-state index < -0.39 is 0 Å². The van der Waals surface area contributed by atoms with Gasteiger partial charge in [-0.2, -0.15) is 0 Å². The molecule has 22 heavy (non-hydrogen) atoms. The summed E-state index contributed by atoms with van der Waals surface area (Å²) in [4.78, 5) is 12.1. The largest absolute Gasteiger partial charge is 0.460 e. The molecule has 1 aliphatic rings. The highest BCUT2D eigenvalue weighted by Gasteiger charge is 2.31. The number of halogens is 1. The van der Waals surface area contributed by atoms with Crippen LogP contribution in [-0.2, 0) is 16.1 Å². The maximum atomic E-state index is 13.0. The van der Waals surface area contributed by atoms with Gasteiger partial charge < -0.3 is 10.1 Å². The van der Waals surface area contributed by atoms with Crippen molar-refractivity contribution in [2.75, 3.05) is 6.54 Å². The lowest BCUT2D eigenvalue weighted by atomic mass is 9.96. The van der Waals surface area contributed by atoms with E-state index in [1.165, 1.54) is 12.1 Å². The minimum atomic E-state index is -0.293. The Kier molecular flexibility index (Phi) is 4.49. The Morgan fingerprint density at radius 1 is 1.14 bits per heavy atom. The van der Waals surface area contributed by atoms with Crippen LogP contribution in [0.25, 0.3) is 0 Å². The Morgan fingerprint density at radius 2 is 1.86 bits per heavy atom. The third-order valence-corrected chi connectivity index (χ3v) is 3.98. The lowest BCUT2D eigenvalue weighted by Crippen LogP contribution is -2.32. The van der Waals surface area contributed by atoms with Crippen molar-refractivity contribution in [1.29, 1.82) is 0 Å². The summed E-state index contributed by atoms with van der Waals surface area (Å²) >= 11 is 0. The van der Waals surface area contributed by atoms with Gasteiger partial charge in [0.1, 0.15) is 18.5 Å². The minimum Gasteiger partial charge on any atom is -0.460 e. The molecule has 0 saturated carbocycles. The number of ether oxygens (including phenoxy) is 1. The Labute approximate surface area is 129 Å². The van der Waals surface area contributed by atoms with Gasteiger partial charge >= 0.3 is 5.97 Å². The minimum absolute atomic E-state index is 0.217. The van der Waals surface area contributed by atoms with Crippen molar-refractivity contribution in [2.45, 2.75) is 25.0 Å². The van der Waals surface area contributed by atoms with Crippen LogP contribution in [0.3, 0.4) is 0 Å². The number of carbonyl (C=O) groups excluding carboxylic acids is 1. The van der Waals surface area contributed by atoms with Crippen LogP contribution in [0.2, 0.25) is 0 Å². The van der Waals surface area contributed by atoms with Crippen LogP contribution in [0.1, 0.15) is 23.5 Å². The second-order valence-corrected chi connectivity index (χ2v) is 5.54. The molecule has 1 N–H and O–H groups in total. The number of nitrogens with one attached hydrogen (secondary N) is 1. The van der Waals surface area contributed by atoms with Crippen LogP contribution in [0, 0.1) is 5.82 Å². The second kappa shape index (κ2) is 6.71. The van der Waals surface area contributed by atoms with Crippen molar-refractivity contribution in [3.63, 3.8) is 0 Å². The molecule has 4 heteroatoms. The van der Waals surface area contributed by atoms with E-state index in [4.69, 9.17) is 4.74 Å². The zero-order chi connectivity index (χ0) is 15.4. The Morgan fingerprint density at radius 3 is 2.59 bits per heavy atom. The molecule has 2 atom stereocenters. The van der Waals surface area contributed by atoms with Gasteiger partial charge in [0.2, 0.25) is 0 Å². The van der Waals surface area contributed by atoms with Crippen molar-refractivity contribution in [1.82, 2.24) is 5.32 Å². The smallest absolute Gasteiger partial charge is 0.323 e. The molecule has 114 valence electrons. The molecule has 1 heterocycles. The van der Waals surface area contributed by atoms with Crippen molar-refractivity contribution in [2.24, 2.45) is 0 Å². The van der Waals surface area contributed by atoms with Crippen LogP contribution < -0.4 is 5.32 Å². The van der Waals surface area contributed by atoms with E-state index in [9.17, 15) is 9.18 Å². The number of rotatable bonds is 4. The van der Waals surface area contributed by atoms with Gasteiger partial charge in [-0.25, -0.2) is 4.39 Å². The standard InChI is InChI=1S/C18H18FNO2/c19-16-8-6-14(7-9-16)15-10-17(20-11-15)18(21)22-12-13-4-2-1-3-5-13/h1-9,15,17,20H,10-12H2.